The summed E-state index contributed by atoms with van der Waals surface area (Å²) in [4.78, 5) is 11.1. The summed E-state index contributed by atoms with van der Waals surface area (Å²) < 4.78 is 12.0. The Labute approximate surface area is 131 Å². The molecule has 0 bridgehead atoms. The molecule has 0 saturated carbocycles. The third kappa shape index (κ3) is 4.49. The fraction of sp³-hybridized carbons (Fsp3) is 0.188. The monoisotopic (exact) mass is 350 g/mol. The lowest BCUT2D eigenvalue weighted by Gasteiger charge is -2.11. The van der Waals surface area contributed by atoms with Crippen LogP contribution in [0.4, 0.5) is 0 Å². The summed E-state index contributed by atoms with van der Waals surface area (Å²) >= 11 is 3.35. The molecule has 5 heteroatoms. The lowest BCUT2D eigenvalue weighted by Crippen LogP contribution is -2.11. The molecule has 110 valence electrons. The molecule has 1 N–H and O–H groups in total. The number of carbonyl (C=O) groups is 1. The van der Waals surface area contributed by atoms with Crippen LogP contribution in [0.1, 0.15) is 15.9 Å². The second-order valence-electron chi connectivity index (χ2n) is 4.46. The normalized spacial score (nSPS) is 10.2. The van der Waals surface area contributed by atoms with Gasteiger partial charge in [0.1, 0.15) is 30.3 Å². The number of ether oxygens (including phenoxy) is 2. The molecule has 0 aromatic heterocycles. The summed E-state index contributed by atoms with van der Waals surface area (Å²) in [6, 6.07) is 12.5. The molecule has 0 spiro atoms. The van der Waals surface area contributed by atoms with E-state index in [1.54, 1.807) is 18.2 Å². The Morgan fingerprint density at radius 1 is 1.10 bits per heavy atom. The number of halogens is 1. The molecule has 2 aromatic rings. The van der Waals surface area contributed by atoms with E-state index in [0.717, 1.165) is 15.8 Å². The molecule has 21 heavy (non-hydrogen) atoms. The van der Waals surface area contributed by atoms with Crippen molar-refractivity contribution >= 4 is 21.9 Å². The minimum atomic E-state index is -1.00. The Balaban J connectivity index is 1.90. The highest BCUT2D eigenvalue weighted by atomic mass is 79.9. The van der Waals surface area contributed by atoms with Crippen LogP contribution in [0, 0.1) is 6.92 Å². The number of carboxylic acids is 1. The van der Waals surface area contributed by atoms with Gasteiger partial charge in [-0.3, -0.25) is 0 Å². The van der Waals surface area contributed by atoms with Gasteiger partial charge < -0.3 is 14.6 Å². The van der Waals surface area contributed by atoms with E-state index in [4.69, 9.17) is 14.6 Å². The maximum absolute atomic E-state index is 11.1. The average molecular weight is 351 g/mol. The molecule has 0 atom stereocenters. The molecule has 0 aliphatic rings. The fourth-order valence-corrected chi connectivity index (χ4v) is 2.03. The summed E-state index contributed by atoms with van der Waals surface area (Å²) in [5.41, 5.74) is 1.10. The zero-order valence-corrected chi connectivity index (χ0v) is 13.1. The van der Waals surface area contributed by atoms with E-state index < -0.39 is 5.97 Å². The largest absolute Gasteiger partial charge is 0.490 e. The summed E-state index contributed by atoms with van der Waals surface area (Å²) in [6.07, 6.45) is 0. The van der Waals surface area contributed by atoms with Gasteiger partial charge in [0.15, 0.2) is 0 Å². The standard InChI is InChI=1S/C16H15BrO4/c1-11-2-7-14(16(18)19)15(10-11)21-9-8-20-13-5-3-12(17)4-6-13/h2-7,10H,8-9H2,1H3,(H,18,19). The molecule has 2 aromatic carbocycles. The molecule has 0 radical (unpaired) electrons. The Hall–Kier alpha value is -2.01. The van der Waals surface area contributed by atoms with Gasteiger partial charge >= 0.3 is 5.97 Å². The van der Waals surface area contributed by atoms with E-state index in [9.17, 15) is 4.79 Å². The number of aromatic carboxylic acids is 1. The van der Waals surface area contributed by atoms with Crippen LogP contribution in [0.25, 0.3) is 0 Å². The van der Waals surface area contributed by atoms with Crippen LogP contribution in [-0.4, -0.2) is 24.3 Å². The third-order valence-electron chi connectivity index (χ3n) is 2.79. The average Bonchev–Trinajstić information content (AvgIpc) is 2.45. The quantitative estimate of drug-likeness (QED) is 0.802. The van der Waals surface area contributed by atoms with Crippen LogP contribution in [-0.2, 0) is 0 Å². The van der Waals surface area contributed by atoms with Crippen molar-refractivity contribution in [1.29, 1.82) is 0 Å². The lowest BCUT2D eigenvalue weighted by molar-refractivity contribution is 0.0691. The molecule has 0 fully saturated rings. The van der Waals surface area contributed by atoms with Crippen molar-refractivity contribution in [3.63, 3.8) is 0 Å². The van der Waals surface area contributed by atoms with Crippen molar-refractivity contribution in [3.05, 3.63) is 58.1 Å². The van der Waals surface area contributed by atoms with Gasteiger partial charge in [0, 0.05) is 4.47 Å². The van der Waals surface area contributed by atoms with Gasteiger partial charge in [-0.2, -0.15) is 0 Å². The molecule has 0 unspecified atom stereocenters. The van der Waals surface area contributed by atoms with E-state index in [1.807, 2.05) is 31.2 Å². The van der Waals surface area contributed by atoms with Gasteiger partial charge in [-0.15, -0.1) is 0 Å². The molecule has 0 aliphatic carbocycles. The first-order valence-corrected chi connectivity index (χ1v) is 7.20. The first-order valence-electron chi connectivity index (χ1n) is 6.41. The Morgan fingerprint density at radius 3 is 2.43 bits per heavy atom. The van der Waals surface area contributed by atoms with Crippen molar-refractivity contribution in [2.45, 2.75) is 6.92 Å². The molecule has 4 nitrogen and oxygen atoms in total. The van der Waals surface area contributed by atoms with Gasteiger partial charge in [-0.1, -0.05) is 22.0 Å². The predicted molar refractivity (Wildman–Crippen MR) is 83.3 cm³/mol. The van der Waals surface area contributed by atoms with Crippen LogP contribution >= 0.6 is 15.9 Å². The number of hydrogen-bond donors (Lipinski definition) is 1. The smallest absolute Gasteiger partial charge is 0.339 e. The molecule has 0 saturated heterocycles. The Kier molecular flexibility index (Phi) is 5.22. The summed E-state index contributed by atoms with van der Waals surface area (Å²) in [5.74, 6) is 0.102. The van der Waals surface area contributed by atoms with Crippen LogP contribution in [0.3, 0.4) is 0 Å². The summed E-state index contributed by atoms with van der Waals surface area (Å²) in [6.45, 7) is 2.51. The topological polar surface area (TPSA) is 55.8 Å². The zero-order chi connectivity index (χ0) is 15.2. The van der Waals surface area contributed by atoms with Gasteiger partial charge in [0.2, 0.25) is 0 Å². The highest BCUT2D eigenvalue weighted by molar-refractivity contribution is 9.10. The third-order valence-corrected chi connectivity index (χ3v) is 3.32. The molecule has 0 amide bonds. The lowest BCUT2D eigenvalue weighted by atomic mass is 10.1. The first kappa shape index (κ1) is 15.4. The van der Waals surface area contributed by atoms with Crippen LogP contribution in [0.15, 0.2) is 46.9 Å². The van der Waals surface area contributed by atoms with Crippen LogP contribution < -0.4 is 9.47 Å². The number of rotatable bonds is 6. The van der Waals surface area contributed by atoms with Crippen molar-refractivity contribution in [2.75, 3.05) is 13.2 Å². The summed E-state index contributed by atoms with van der Waals surface area (Å²) in [7, 11) is 0. The van der Waals surface area contributed by atoms with Crippen LogP contribution in [0.2, 0.25) is 0 Å². The van der Waals surface area contributed by atoms with Crippen molar-refractivity contribution in [2.24, 2.45) is 0 Å². The van der Waals surface area contributed by atoms with Gasteiger partial charge in [0.05, 0.1) is 0 Å². The van der Waals surface area contributed by atoms with Crippen LogP contribution in [0.5, 0.6) is 11.5 Å². The van der Waals surface area contributed by atoms with E-state index in [-0.39, 0.29) is 12.2 Å². The SMILES string of the molecule is Cc1ccc(C(=O)O)c(OCCOc2ccc(Br)cc2)c1. The fourth-order valence-electron chi connectivity index (χ4n) is 1.77. The highest BCUT2D eigenvalue weighted by Gasteiger charge is 2.11. The highest BCUT2D eigenvalue weighted by Crippen LogP contribution is 2.20. The second-order valence-corrected chi connectivity index (χ2v) is 5.37. The molecular formula is C16H15BrO4. The number of aryl methyl sites for hydroxylation is 1. The molecule has 0 heterocycles. The molecule has 2 rings (SSSR count). The van der Waals surface area contributed by atoms with Gasteiger partial charge in [-0.25, -0.2) is 4.79 Å². The van der Waals surface area contributed by atoms with E-state index >= 15 is 0 Å². The van der Waals surface area contributed by atoms with Crippen molar-refractivity contribution < 1.29 is 19.4 Å². The number of benzene rings is 2. The number of hydrogen-bond acceptors (Lipinski definition) is 3. The minimum absolute atomic E-state index is 0.157. The summed E-state index contributed by atoms with van der Waals surface area (Å²) in [5, 5.41) is 9.10. The Bertz CT molecular complexity index is 623. The van der Waals surface area contributed by atoms with E-state index in [1.165, 1.54) is 0 Å². The zero-order valence-electron chi connectivity index (χ0n) is 11.5. The minimum Gasteiger partial charge on any atom is -0.490 e. The Morgan fingerprint density at radius 2 is 1.76 bits per heavy atom. The van der Waals surface area contributed by atoms with E-state index in [2.05, 4.69) is 15.9 Å². The van der Waals surface area contributed by atoms with E-state index in [0.29, 0.717) is 12.4 Å². The van der Waals surface area contributed by atoms with Crippen molar-refractivity contribution in [1.82, 2.24) is 0 Å². The van der Waals surface area contributed by atoms with Gasteiger partial charge in [0.25, 0.3) is 0 Å². The second kappa shape index (κ2) is 7.13. The molecule has 0 aliphatic heterocycles. The predicted octanol–water partition coefficient (Wildman–Crippen LogP) is 3.91. The van der Waals surface area contributed by atoms with Gasteiger partial charge in [-0.05, 0) is 48.9 Å². The number of carboxylic acid groups (broad SMARTS) is 1. The maximum Gasteiger partial charge on any atom is 0.339 e. The molecular weight excluding hydrogens is 336 g/mol. The maximum atomic E-state index is 11.1. The van der Waals surface area contributed by atoms with Crippen molar-refractivity contribution in [3.8, 4) is 11.5 Å². The first-order chi connectivity index (χ1) is 10.1.